The predicted octanol–water partition coefficient (Wildman–Crippen LogP) is 2.94. The van der Waals surface area contributed by atoms with Crippen LogP contribution in [0.15, 0.2) is 36.5 Å². The normalized spacial score (nSPS) is 14.5. The van der Waals surface area contributed by atoms with Crippen molar-refractivity contribution in [3.05, 3.63) is 47.1 Å². The van der Waals surface area contributed by atoms with Crippen molar-refractivity contribution in [1.29, 1.82) is 5.26 Å². The minimum absolute atomic E-state index is 0.478. The third-order valence-corrected chi connectivity index (χ3v) is 4.23. The van der Waals surface area contributed by atoms with Gasteiger partial charge < -0.3 is 14.5 Å². The highest BCUT2D eigenvalue weighted by molar-refractivity contribution is 6.33. The lowest BCUT2D eigenvalue weighted by Gasteiger charge is -2.37. The molecule has 0 saturated carbocycles. The molecular weight excluding hydrogens is 312 g/mol. The number of piperazine rings is 1. The monoisotopic (exact) mass is 328 g/mol. The number of nitriles is 1. The van der Waals surface area contributed by atoms with Gasteiger partial charge in [0.25, 0.3) is 0 Å². The summed E-state index contributed by atoms with van der Waals surface area (Å²) in [6.45, 7) is 3.35. The number of halogens is 1. The summed E-state index contributed by atoms with van der Waals surface area (Å²) in [7, 11) is 1.69. The SMILES string of the molecule is COc1ccccc1N1CCN(c2ncc(C#N)cc2Cl)CC1. The molecule has 0 spiro atoms. The summed E-state index contributed by atoms with van der Waals surface area (Å²) >= 11 is 6.25. The summed E-state index contributed by atoms with van der Waals surface area (Å²) in [6.07, 6.45) is 1.56. The highest BCUT2D eigenvalue weighted by Crippen LogP contribution is 2.30. The van der Waals surface area contributed by atoms with E-state index in [-0.39, 0.29) is 0 Å². The molecule has 1 fully saturated rings. The average molecular weight is 329 g/mol. The number of ether oxygens (including phenoxy) is 1. The standard InChI is InChI=1S/C17H17ClN4O/c1-23-16-5-3-2-4-15(16)21-6-8-22(9-7-21)17-14(18)10-13(11-19)12-20-17/h2-5,10,12H,6-9H2,1H3. The number of para-hydroxylation sites is 2. The maximum Gasteiger partial charge on any atom is 0.147 e. The lowest BCUT2D eigenvalue weighted by molar-refractivity contribution is 0.413. The van der Waals surface area contributed by atoms with E-state index >= 15 is 0 Å². The maximum absolute atomic E-state index is 8.89. The van der Waals surface area contributed by atoms with Gasteiger partial charge in [0.05, 0.1) is 23.4 Å². The number of aromatic nitrogens is 1. The van der Waals surface area contributed by atoms with E-state index in [1.165, 1.54) is 0 Å². The first-order valence-corrected chi connectivity index (χ1v) is 7.79. The second-order valence-corrected chi connectivity index (χ2v) is 5.69. The molecule has 3 rings (SSSR count). The zero-order valence-corrected chi connectivity index (χ0v) is 13.6. The van der Waals surface area contributed by atoms with Gasteiger partial charge in [-0.25, -0.2) is 4.98 Å². The largest absolute Gasteiger partial charge is 0.495 e. The molecule has 118 valence electrons. The molecule has 1 aliphatic heterocycles. The molecule has 0 radical (unpaired) electrons. The third kappa shape index (κ3) is 3.17. The smallest absolute Gasteiger partial charge is 0.147 e. The molecule has 5 nitrogen and oxygen atoms in total. The molecule has 0 bridgehead atoms. The third-order valence-electron chi connectivity index (χ3n) is 3.96. The van der Waals surface area contributed by atoms with E-state index in [4.69, 9.17) is 21.6 Å². The molecular formula is C17H17ClN4O. The number of benzene rings is 1. The Hall–Kier alpha value is -2.45. The van der Waals surface area contributed by atoms with Crippen molar-refractivity contribution in [3.8, 4) is 11.8 Å². The molecule has 1 aromatic carbocycles. The fraction of sp³-hybridized carbons (Fsp3) is 0.294. The molecule has 1 aliphatic rings. The predicted molar refractivity (Wildman–Crippen MR) is 91.4 cm³/mol. The number of methoxy groups -OCH3 is 1. The minimum Gasteiger partial charge on any atom is -0.495 e. The summed E-state index contributed by atoms with van der Waals surface area (Å²) in [4.78, 5) is 8.78. The van der Waals surface area contributed by atoms with Gasteiger partial charge in [-0.2, -0.15) is 5.26 Å². The van der Waals surface area contributed by atoms with E-state index < -0.39 is 0 Å². The Bertz CT molecular complexity index is 736. The van der Waals surface area contributed by atoms with E-state index in [1.54, 1.807) is 19.4 Å². The lowest BCUT2D eigenvalue weighted by Crippen LogP contribution is -2.47. The molecule has 6 heteroatoms. The zero-order valence-electron chi connectivity index (χ0n) is 12.9. The Morgan fingerprint density at radius 3 is 2.52 bits per heavy atom. The van der Waals surface area contributed by atoms with Crippen LogP contribution in [0.3, 0.4) is 0 Å². The van der Waals surface area contributed by atoms with Crippen molar-refractivity contribution in [3.63, 3.8) is 0 Å². The van der Waals surface area contributed by atoms with Crippen LogP contribution in [-0.2, 0) is 0 Å². The van der Waals surface area contributed by atoms with Gasteiger partial charge in [-0.15, -0.1) is 0 Å². The molecule has 0 N–H and O–H groups in total. The van der Waals surface area contributed by atoms with Gasteiger partial charge in [0, 0.05) is 32.4 Å². The van der Waals surface area contributed by atoms with Gasteiger partial charge in [0.15, 0.2) is 0 Å². The highest BCUT2D eigenvalue weighted by Gasteiger charge is 2.22. The summed E-state index contributed by atoms with van der Waals surface area (Å²) in [6, 6.07) is 11.7. The number of pyridine rings is 1. The van der Waals surface area contributed by atoms with Crippen molar-refractivity contribution >= 4 is 23.1 Å². The summed E-state index contributed by atoms with van der Waals surface area (Å²) < 4.78 is 5.44. The van der Waals surface area contributed by atoms with E-state index in [1.807, 2.05) is 18.2 Å². The van der Waals surface area contributed by atoms with Gasteiger partial charge in [-0.3, -0.25) is 0 Å². The number of hydrogen-bond donors (Lipinski definition) is 0. The second-order valence-electron chi connectivity index (χ2n) is 5.29. The Morgan fingerprint density at radius 1 is 1.17 bits per heavy atom. The topological polar surface area (TPSA) is 52.4 Å². The van der Waals surface area contributed by atoms with Crippen LogP contribution in [0.1, 0.15) is 5.56 Å². The molecule has 2 aromatic rings. The molecule has 23 heavy (non-hydrogen) atoms. The first-order valence-electron chi connectivity index (χ1n) is 7.41. The zero-order chi connectivity index (χ0) is 16.2. The fourth-order valence-corrected chi connectivity index (χ4v) is 3.06. The van der Waals surface area contributed by atoms with Crippen LogP contribution in [0, 0.1) is 11.3 Å². The van der Waals surface area contributed by atoms with Crippen LogP contribution in [0.2, 0.25) is 5.02 Å². The maximum atomic E-state index is 8.89. The van der Waals surface area contributed by atoms with Crippen molar-refractivity contribution in [2.45, 2.75) is 0 Å². The van der Waals surface area contributed by atoms with Gasteiger partial charge in [-0.1, -0.05) is 23.7 Å². The van der Waals surface area contributed by atoms with Crippen LogP contribution in [0.4, 0.5) is 11.5 Å². The minimum atomic E-state index is 0.478. The molecule has 0 atom stereocenters. The fourth-order valence-electron chi connectivity index (χ4n) is 2.77. The van der Waals surface area contributed by atoms with Crippen LogP contribution in [0.5, 0.6) is 5.75 Å². The van der Waals surface area contributed by atoms with Crippen LogP contribution in [-0.4, -0.2) is 38.3 Å². The van der Waals surface area contributed by atoms with Crippen molar-refractivity contribution in [2.75, 3.05) is 43.1 Å². The van der Waals surface area contributed by atoms with E-state index in [0.717, 1.165) is 43.4 Å². The van der Waals surface area contributed by atoms with Gasteiger partial charge in [-0.05, 0) is 18.2 Å². The van der Waals surface area contributed by atoms with Gasteiger partial charge >= 0.3 is 0 Å². The van der Waals surface area contributed by atoms with Crippen molar-refractivity contribution in [1.82, 2.24) is 4.98 Å². The molecule has 0 amide bonds. The Morgan fingerprint density at radius 2 is 1.87 bits per heavy atom. The average Bonchev–Trinajstić information content (AvgIpc) is 2.61. The summed E-state index contributed by atoms with van der Waals surface area (Å²) in [5, 5.41) is 9.42. The number of rotatable bonds is 3. The van der Waals surface area contributed by atoms with Crippen molar-refractivity contribution in [2.24, 2.45) is 0 Å². The molecule has 0 unspecified atom stereocenters. The van der Waals surface area contributed by atoms with E-state index in [9.17, 15) is 0 Å². The quantitative estimate of drug-likeness (QED) is 0.867. The molecule has 1 saturated heterocycles. The summed E-state index contributed by atoms with van der Waals surface area (Å²) in [5.74, 6) is 1.63. The Kier molecular flexibility index (Phi) is 4.54. The molecule has 1 aromatic heterocycles. The molecule has 0 aliphatic carbocycles. The highest BCUT2D eigenvalue weighted by atomic mass is 35.5. The lowest BCUT2D eigenvalue weighted by atomic mass is 10.2. The van der Waals surface area contributed by atoms with E-state index in [0.29, 0.717) is 10.6 Å². The van der Waals surface area contributed by atoms with Gasteiger partial charge in [0.1, 0.15) is 17.6 Å². The number of hydrogen-bond acceptors (Lipinski definition) is 5. The Labute approximate surface area is 140 Å². The molecule has 2 heterocycles. The van der Waals surface area contributed by atoms with Crippen LogP contribution >= 0.6 is 11.6 Å². The first-order chi connectivity index (χ1) is 11.2. The van der Waals surface area contributed by atoms with E-state index in [2.05, 4.69) is 26.9 Å². The first kappa shape index (κ1) is 15.4. The van der Waals surface area contributed by atoms with Crippen molar-refractivity contribution < 1.29 is 4.74 Å². The van der Waals surface area contributed by atoms with Gasteiger partial charge in [0.2, 0.25) is 0 Å². The van der Waals surface area contributed by atoms with Crippen LogP contribution < -0.4 is 14.5 Å². The Balaban J connectivity index is 1.73. The summed E-state index contributed by atoms with van der Waals surface area (Å²) in [5.41, 5.74) is 1.58. The number of anilines is 2. The second kappa shape index (κ2) is 6.76. The van der Waals surface area contributed by atoms with Crippen LogP contribution in [0.25, 0.3) is 0 Å². The number of nitrogens with zero attached hydrogens (tertiary/aromatic N) is 4.